The summed E-state index contributed by atoms with van der Waals surface area (Å²) in [6.07, 6.45) is 0. The maximum Gasteiger partial charge on any atom is 0.294 e. The van der Waals surface area contributed by atoms with E-state index in [2.05, 4.69) is 4.72 Å². The minimum absolute atomic E-state index is 0.0639. The van der Waals surface area contributed by atoms with Crippen molar-refractivity contribution in [3.05, 3.63) is 42.5 Å². The fourth-order valence-corrected chi connectivity index (χ4v) is 3.35. The Hall–Kier alpha value is -2.30. The number of hydrogen-bond acceptors (Lipinski definition) is 6. The standard InChI is InChI=1S/C13H14N2O6S2/c1-21-13-7-6-11(23(18,19)20)8-12(13)15-22(16,17)10-4-2-9(14)3-5-10/h2-8,15H,14H2,1H3,(H,18,19,20). The summed E-state index contributed by atoms with van der Waals surface area (Å²) < 4.78 is 63.3. The van der Waals surface area contributed by atoms with E-state index in [0.717, 1.165) is 12.1 Å². The van der Waals surface area contributed by atoms with E-state index in [1.807, 2.05) is 0 Å². The highest BCUT2D eigenvalue weighted by Gasteiger charge is 2.19. The maximum absolute atomic E-state index is 12.3. The minimum Gasteiger partial charge on any atom is -0.495 e. The second-order valence-electron chi connectivity index (χ2n) is 4.51. The van der Waals surface area contributed by atoms with Gasteiger partial charge in [0.1, 0.15) is 5.75 Å². The molecule has 0 aliphatic carbocycles. The molecule has 0 radical (unpaired) electrons. The van der Waals surface area contributed by atoms with E-state index in [-0.39, 0.29) is 16.3 Å². The van der Waals surface area contributed by atoms with Gasteiger partial charge in [-0.25, -0.2) is 8.42 Å². The lowest BCUT2D eigenvalue weighted by atomic mass is 10.3. The van der Waals surface area contributed by atoms with Crippen LogP contribution in [-0.4, -0.2) is 28.5 Å². The molecule has 0 bridgehead atoms. The van der Waals surface area contributed by atoms with Crippen LogP contribution in [0.25, 0.3) is 0 Å². The molecule has 23 heavy (non-hydrogen) atoms. The van der Waals surface area contributed by atoms with E-state index >= 15 is 0 Å². The monoisotopic (exact) mass is 358 g/mol. The van der Waals surface area contributed by atoms with Gasteiger partial charge in [0.05, 0.1) is 22.6 Å². The number of nitrogens with one attached hydrogen (secondary N) is 1. The zero-order valence-electron chi connectivity index (χ0n) is 11.9. The molecule has 10 heteroatoms. The van der Waals surface area contributed by atoms with Gasteiger partial charge in [-0.3, -0.25) is 9.27 Å². The van der Waals surface area contributed by atoms with Gasteiger partial charge in [-0.2, -0.15) is 8.42 Å². The summed E-state index contributed by atoms with van der Waals surface area (Å²) in [5.74, 6) is 0.0939. The van der Waals surface area contributed by atoms with Crippen molar-refractivity contribution in [2.45, 2.75) is 9.79 Å². The third-order valence-corrected chi connectivity index (χ3v) is 5.13. The molecule has 0 spiro atoms. The van der Waals surface area contributed by atoms with Crippen molar-refractivity contribution < 1.29 is 26.1 Å². The van der Waals surface area contributed by atoms with E-state index in [1.165, 1.54) is 37.4 Å². The van der Waals surface area contributed by atoms with E-state index in [0.29, 0.717) is 5.69 Å². The van der Waals surface area contributed by atoms with Crippen molar-refractivity contribution >= 4 is 31.5 Å². The fraction of sp³-hybridized carbons (Fsp3) is 0.0769. The van der Waals surface area contributed by atoms with Crippen molar-refractivity contribution in [2.24, 2.45) is 0 Å². The Morgan fingerprint density at radius 1 is 1.00 bits per heavy atom. The maximum atomic E-state index is 12.3. The SMILES string of the molecule is COc1ccc(S(=O)(=O)O)cc1NS(=O)(=O)c1ccc(N)cc1. The Kier molecular flexibility index (Phi) is 4.50. The van der Waals surface area contributed by atoms with Crippen LogP contribution in [0.5, 0.6) is 5.75 Å². The van der Waals surface area contributed by atoms with Crippen LogP contribution in [0.4, 0.5) is 11.4 Å². The van der Waals surface area contributed by atoms with Gasteiger partial charge >= 0.3 is 0 Å². The highest BCUT2D eigenvalue weighted by molar-refractivity contribution is 7.92. The molecule has 0 saturated heterocycles. The molecule has 2 aromatic rings. The van der Waals surface area contributed by atoms with E-state index in [9.17, 15) is 16.8 Å². The molecule has 124 valence electrons. The number of nitrogen functional groups attached to an aromatic ring is 1. The number of ether oxygens (including phenoxy) is 1. The van der Waals surface area contributed by atoms with Crippen LogP contribution in [0.1, 0.15) is 0 Å². The Morgan fingerprint density at radius 2 is 1.57 bits per heavy atom. The Balaban J connectivity index is 2.47. The molecule has 0 aliphatic heterocycles. The molecule has 0 aliphatic rings. The van der Waals surface area contributed by atoms with E-state index in [1.54, 1.807) is 0 Å². The summed E-state index contributed by atoms with van der Waals surface area (Å²) in [6.45, 7) is 0. The number of anilines is 2. The minimum atomic E-state index is -4.48. The average Bonchev–Trinajstić information content (AvgIpc) is 2.46. The van der Waals surface area contributed by atoms with Gasteiger partial charge in [-0.05, 0) is 42.5 Å². The Labute approximate surface area is 133 Å². The average molecular weight is 358 g/mol. The van der Waals surface area contributed by atoms with Crippen LogP contribution < -0.4 is 15.2 Å². The molecular weight excluding hydrogens is 344 g/mol. The van der Waals surface area contributed by atoms with Crippen molar-refractivity contribution in [1.82, 2.24) is 0 Å². The summed E-state index contributed by atoms with van der Waals surface area (Å²) in [5.41, 5.74) is 5.78. The van der Waals surface area contributed by atoms with Gasteiger partial charge in [0.25, 0.3) is 20.1 Å². The predicted octanol–water partition coefficient (Wildman–Crippen LogP) is 1.32. The Bertz CT molecular complexity index is 921. The highest BCUT2D eigenvalue weighted by atomic mass is 32.2. The first-order valence-corrected chi connectivity index (χ1v) is 9.10. The lowest BCUT2D eigenvalue weighted by molar-refractivity contribution is 0.416. The molecule has 0 fully saturated rings. The van der Waals surface area contributed by atoms with Gasteiger partial charge in [0, 0.05) is 5.69 Å². The van der Waals surface area contributed by atoms with E-state index in [4.69, 9.17) is 15.0 Å². The summed E-state index contributed by atoms with van der Waals surface area (Å²) in [4.78, 5) is -0.528. The van der Waals surface area contributed by atoms with Gasteiger partial charge in [-0.1, -0.05) is 0 Å². The van der Waals surface area contributed by atoms with Crippen molar-refractivity contribution in [3.63, 3.8) is 0 Å². The van der Waals surface area contributed by atoms with Gasteiger partial charge in [0.2, 0.25) is 0 Å². The molecule has 0 saturated carbocycles. The molecule has 0 unspecified atom stereocenters. The first-order chi connectivity index (χ1) is 10.6. The van der Waals surface area contributed by atoms with Crippen LogP contribution in [-0.2, 0) is 20.1 Å². The molecule has 8 nitrogen and oxygen atoms in total. The second-order valence-corrected chi connectivity index (χ2v) is 7.62. The van der Waals surface area contributed by atoms with Crippen molar-refractivity contribution in [2.75, 3.05) is 17.6 Å². The smallest absolute Gasteiger partial charge is 0.294 e. The number of sulfonamides is 1. The first-order valence-electron chi connectivity index (χ1n) is 6.17. The molecular formula is C13H14N2O6S2. The lowest BCUT2D eigenvalue weighted by Gasteiger charge is -2.13. The summed E-state index contributed by atoms with van der Waals surface area (Å²) in [6, 6.07) is 8.72. The van der Waals surface area contributed by atoms with Gasteiger partial charge in [0.15, 0.2) is 0 Å². The predicted molar refractivity (Wildman–Crippen MR) is 84.5 cm³/mol. The number of nitrogens with two attached hydrogens (primary N) is 1. The van der Waals surface area contributed by atoms with E-state index < -0.39 is 25.0 Å². The van der Waals surface area contributed by atoms with Crippen LogP contribution >= 0.6 is 0 Å². The largest absolute Gasteiger partial charge is 0.495 e. The summed E-state index contributed by atoms with van der Waals surface area (Å²) in [7, 11) is -7.17. The third-order valence-electron chi connectivity index (χ3n) is 2.90. The normalized spacial score (nSPS) is 11.9. The van der Waals surface area contributed by atoms with Crippen LogP contribution in [0, 0.1) is 0 Å². The Morgan fingerprint density at radius 3 is 2.09 bits per heavy atom. The van der Waals surface area contributed by atoms with Crippen LogP contribution in [0.2, 0.25) is 0 Å². The molecule has 0 heterocycles. The lowest BCUT2D eigenvalue weighted by Crippen LogP contribution is -2.14. The zero-order valence-corrected chi connectivity index (χ0v) is 13.6. The van der Waals surface area contributed by atoms with Crippen LogP contribution in [0.15, 0.2) is 52.3 Å². The van der Waals surface area contributed by atoms with Crippen molar-refractivity contribution in [1.29, 1.82) is 0 Å². The number of rotatable bonds is 5. The third kappa shape index (κ3) is 3.92. The molecule has 0 aromatic heterocycles. The topological polar surface area (TPSA) is 136 Å². The van der Waals surface area contributed by atoms with Crippen LogP contribution in [0.3, 0.4) is 0 Å². The molecule has 0 atom stereocenters. The van der Waals surface area contributed by atoms with Crippen molar-refractivity contribution in [3.8, 4) is 5.75 Å². The first kappa shape index (κ1) is 17.1. The molecule has 4 N–H and O–H groups in total. The fourth-order valence-electron chi connectivity index (χ4n) is 1.78. The quantitative estimate of drug-likeness (QED) is 0.542. The zero-order chi connectivity index (χ0) is 17.3. The number of hydrogen-bond donors (Lipinski definition) is 3. The highest BCUT2D eigenvalue weighted by Crippen LogP contribution is 2.29. The number of benzene rings is 2. The van der Waals surface area contributed by atoms with Gasteiger partial charge in [-0.15, -0.1) is 0 Å². The molecule has 2 aromatic carbocycles. The molecule has 2 rings (SSSR count). The number of methoxy groups -OCH3 is 1. The summed E-state index contributed by atoms with van der Waals surface area (Å²) in [5, 5.41) is 0. The summed E-state index contributed by atoms with van der Waals surface area (Å²) >= 11 is 0. The molecule has 0 amide bonds. The van der Waals surface area contributed by atoms with Gasteiger partial charge < -0.3 is 10.5 Å². The second kappa shape index (κ2) is 6.07.